The maximum absolute atomic E-state index is 11.8. The van der Waals surface area contributed by atoms with E-state index in [1.807, 2.05) is 6.92 Å². The first kappa shape index (κ1) is 13.6. The van der Waals surface area contributed by atoms with Gasteiger partial charge in [-0.15, -0.1) is 11.3 Å². The van der Waals surface area contributed by atoms with Crippen molar-refractivity contribution in [2.45, 2.75) is 39.7 Å². The highest BCUT2D eigenvalue weighted by Gasteiger charge is 2.16. The van der Waals surface area contributed by atoms with Crippen LogP contribution >= 0.6 is 11.3 Å². The Labute approximate surface area is 104 Å². The minimum atomic E-state index is -0.851. The highest BCUT2D eigenvalue weighted by molar-refractivity contribution is 7.13. The Morgan fingerprint density at radius 1 is 1.47 bits per heavy atom. The molecule has 0 bridgehead atoms. The van der Waals surface area contributed by atoms with Crippen LogP contribution in [-0.4, -0.2) is 28.0 Å². The van der Waals surface area contributed by atoms with Gasteiger partial charge in [0, 0.05) is 12.5 Å². The first-order chi connectivity index (χ1) is 7.90. The summed E-state index contributed by atoms with van der Waals surface area (Å²) in [6, 6.07) is -0.152. The number of carboxylic acids is 1. The van der Waals surface area contributed by atoms with Crippen LogP contribution in [0.15, 0.2) is 0 Å². The molecule has 1 aromatic heterocycles. The van der Waals surface area contributed by atoms with Gasteiger partial charge in [-0.1, -0.05) is 0 Å². The Balaban J connectivity index is 2.54. The summed E-state index contributed by atoms with van der Waals surface area (Å²) in [4.78, 5) is 27.0. The van der Waals surface area contributed by atoms with Crippen molar-refractivity contribution < 1.29 is 14.7 Å². The zero-order valence-corrected chi connectivity index (χ0v) is 10.9. The number of rotatable bonds is 5. The molecular formula is C11H16N2O3S. The van der Waals surface area contributed by atoms with E-state index in [-0.39, 0.29) is 18.4 Å². The third-order valence-electron chi connectivity index (χ3n) is 2.28. The number of hydrogen-bond acceptors (Lipinski definition) is 4. The van der Waals surface area contributed by atoms with Crippen molar-refractivity contribution in [1.29, 1.82) is 0 Å². The second kappa shape index (κ2) is 5.77. The van der Waals surface area contributed by atoms with E-state index in [1.165, 1.54) is 11.3 Å². The van der Waals surface area contributed by atoms with Gasteiger partial charge in [-0.2, -0.15) is 0 Å². The largest absolute Gasteiger partial charge is 0.481 e. The molecule has 0 aromatic carbocycles. The fourth-order valence-corrected chi connectivity index (χ4v) is 2.27. The summed E-state index contributed by atoms with van der Waals surface area (Å²) in [7, 11) is 0. The lowest BCUT2D eigenvalue weighted by Crippen LogP contribution is -2.32. The molecule has 17 heavy (non-hydrogen) atoms. The Morgan fingerprint density at radius 2 is 2.12 bits per heavy atom. The van der Waals surface area contributed by atoms with Crippen LogP contribution in [0, 0.1) is 13.8 Å². The minimum absolute atomic E-state index is 0.0577. The van der Waals surface area contributed by atoms with Crippen LogP contribution in [0.2, 0.25) is 0 Å². The molecule has 0 spiro atoms. The molecule has 0 aliphatic rings. The van der Waals surface area contributed by atoms with Gasteiger partial charge in [0.2, 0.25) is 0 Å². The second-order valence-corrected chi connectivity index (χ2v) is 5.16. The highest BCUT2D eigenvalue weighted by Crippen LogP contribution is 2.17. The van der Waals surface area contributed by atoms with Gasteiger partial charge >= 0.3 is 5.97 Å². The van der Waals surface area contributed by atoms with E-state index in [2.05, 4.69) is 10.3 Å². The normalized spacial score (nSPS) is 12.2. The zero-order valence-electron chi connectivity index (χ0n) is 10.1. The number of aliphatic carboxylic acids is 1. The van der Waals surface area contributed by atoms with E-state index >= 15 is 0 Å². The van der Waals surface area contributed by atoms with Crippen molar-refractivity contribution in [1.82, 2.24) is 10.3 Å². The van der Waals surface area contributed by atoms with Crippen molar-refractivity contribution in [3.05, 3.63) is 15.6 Å². The fraction of sp³-hybridized carbons (Fsp3) is 0.545. The van der Waals surface area contributed by atoms with Gasteiger partial charge in [-0.05, 0) is 27.2 Å². The molecule has 2 N–H and O–H groups in total. The summed E-state index contributed by atoms with van der Waals surface area (Å²) in [5.74, 6) is -1.03. The van der Waals surface area contributed by atoms with Crippen molar-refractivity contribution in [2.24, 2.45) is 0 Å². The molecule has 1 aromatic rings. The smallest absolute Gasteiger partial charge is 0.303 e. The second-order valence-electron chi connectivity index (χ2n) is 3.95. The van der Waals surface area contributed by atoms with Crippen LogP contribution in [0.4, 0.5) is 0 Å². The minimum Gasteiger partial charge on any atom is -0.481 e. The number of nitrogens with one attached hydrogen (secondary N) is 1. The Bertz CT molecular complexity index is 428. The quantitative estimate of drug-likeness (QED) is 0.841. The van der Waals surface area contributed by atoms with Crippen molar-refractivity contribution in [3.63, 3.8) is 0 Å². The van der Waals surface area contributed by atoms with Crippen LogP contribution in [0.1, 0.15) is 40.1 Å². The van der Waals surface area contributed by atoms with E-state index in [9.17, 15) is 9.59 Å². The van der Waals surface area contributed by atoms with Gasteiger partial charge in [0.25, 0.3) is 5.91 Å². The summed E-state index contributed by atoms with van der Waals surface area (Å²) in [6.45, 7) is 5.44. The summed E-state index contributed by atoms with van der Waals surface area (Å²) in [6.07, 6.45) is 0.486. The molecule has 1 rings (SSSR count). The molecular weight excluding hydrogens is 240 g/mol. The number of carbonyl (C=O) groups is 2. The molecule has 0 aliphatic heterocycles. The first-order valence-electron chi connectivity index (χ1n) is 5.37. The summed E-state index contributed by atoms with van der Waals surface area (Å²) in [5, 5.41) is 12.2. The Kier molecular flexibility index (Phi) is 4.62. The van der Waals surface area contributed by atoms with E-state index < -0.39 is 5.97 Å². The molecule has 0 saturated heterocycles. The number of carbonyl (C=O) groups excluding carboxylic acids is 1. The summed E-state index contributed by atoms with van der Waals surface area (Å²) >= 11 is 1.35. The zero-order chi connectivity index (χ0) is 13.0. The third-order valence-corrected chi connectivity index (χ3v) is 3.35. The van der Waals surface area contributed by atoms with Crippen LogP contribution in [-0.2, 0) is 4.79 Å². The number of aryl methyl sites for hydroxylation is 2. The molecule has 0 aliphatic carbocycles. The molecule has 94 valence electrons. The molecule has 1 amide bonds. The van der Waals surface area contributed by atoms with Crippen LogP contribution in [0.5, 0.6) is 0 Å². The third kappa shape index (κ3) is 4.14. The number of amides is 1. The lowest BCUT2D eigenvalue weighted by molar-refractivity contribution is -0.137. The van der Waals surface area contributed by atoms with Crippen LogP contribution in [0.3, 0.4) is 0 Å². The monoisotopic (exact) mass is 256 g/mol. The van der Waals surface area contributed by atoms with Crippen LogP contribution < -0.4 is 5.32 Å². The lowest BCUT2D eigenvalue weighted by atomic mass is 10.2. The number of thiazole rings is 1. The van der Waals surface area contributed by atoms with Crippen molar-refractivity contribution in [2.75, 3.05) is 0 Å². The maximum Gasteiger partial charge on any atom is 0.303 e. The first-order valence-corrected chi connectivity index (χ1v) is 6.18. The van der Waals surface area contributed by atoms with Gasteiger partial charge in [-0.25, -0.2) is 4.98 Å². The van der Waals surface area contributed by atoms with Gasteiger partial charge in [-0.3, -0.25) is 9.59 Å². The summed E-state index contributed by atoms with van der Waals surface area (Å²) < 4.78 is 0. The van der Waals surface area contributed by atoms with Crippen molar-refractivity contribution in [3.8, 4) is 0 Å². The number of hydrogen-bond donors (Lipinski definition) is 2. The van der Waals surface area contributed by atoms with Crippen molar-refractivity contribution >= 4 is 23.2 Å². The molecule has 0 saturated carbocycles. The lowest BCUT2D eigenvalue weighted by Gasteiger charge is -2.11. The molecule has 6 heteroatoms. The highest BCUT2D eigenvalue weighted by atomic mass is 32.1. The number of aromatic nitrogens is 1. The number of nitrogens with zero attached hydrogens (tertiary/aromatic N) is 1. The topological polar surface area (TPSA) is 79.3 Å². The standard InChI is InChI=1S/C11H16N2O3S/c1-6(4-5-9(14)15)12-11(16)10-7(2)13-8(3)17-10/h6H,4-5H2,1-3H3,(H,12,16)(H,14,15)/t6-/m1/s1. The molecule has 1 heterocycles. The predicted octanol–water partition coefficient (Wildman–Crippen LogP) is 1.74. The average molecular weight is 256 g/mol. The SMILES string of the molecule is Cc1nc(C)c(C(=O)N[C@H](C)CCC(=O)O)s1. The van der Waals surface area contributed by atoms with E-state index in [1.54, 1.807) is 13.8 Å². The molecule has 5 nitrogen and oxygen atoms in total. The van der Waals surface area contributed by atoms with Gasteiger partial charge in [0.15, 0.2) is 0 Å². The average Bonchev–Trinajstić information content (AvgIpc) is 2.55. The van der Waals surface area contributed by atoms with E-state index in [0.29, 0.717) is 11.3 Å². The van der Waals surface area contributed by atoms with E-state index in [0.717, 1.165) is 10.7 Å². The van der Waals surface area contributed by atoms with Crippen LogP contribution in [0.25, 0.3) is 0 Å². The predicted molar refractivity (Wildman–Crippen MR) is 65.4 cm³/mol. The Hall–Kier alpha value is -1.43. The van der Waals surface area contributed by atoms with E-state index in [4.69, 9.17) is 5.11 Å². The van der Waals surface area contributed by atoms with Gasteiger partial charge < -0.3 is 10.4 Å². The molecule has 0 radical (unpaired) electrons. The molecule has 0 fully saturated rings. The van der Waals surface area contributed by atoms with Gasteiger partial charge in [0.1, 0.15) is 4.88 Å². The molecule has 0 unspecified atom stereocenters. The summed E-state index contributed by atoms with van der Waals surface area (Å²) in [5.41, 5.74) is 0.718. The number of carboxylic acid groups (broad SMARTS) is 1. The maximum atomic E-state index is 11.8. The Morgan fingerprint density at radius 3 is 2.59 bits per heavy atom. The fourth-order valence-electron chi connectivity index (χ4n) is 1.44. The van der Waals surface area contributed by atoms with Gasteiger partial charge in [0.05, 0.1) is 10.7 Å². The molecule has 1 atom stereocenters.